The first-order valence-electron chi connectivity index (χ1n) is 7.53. The van der Waals surface area contributed by atoms with Crippen LogP contribution in [0.1, 0.15) is 37.8 Å². The molecule has 0 bridgehead atoms. The van der Waals surface area contributed by atoms with E-state index in [-0.39, 0.29) is 18.0 Å². The first-order valence-corrected chi connectivity index (χ1v) is 7.53. The molecule has 0 radical (unpaired) electrons. The first-order chi connectivity index (χ1) is 9.54. The molecule has 1 aromatic carbocycles. The summed E-state index contributed by atoms with van der Waals surface area (Å²) in [6, 6.07) is 8.63. The molecule has 110 valence electrons. The normalized spacial score (nSPS) is 20.1. The van der Waals surface area contributed by atoms with Gasteiger partial charge in [-0.15, -0.1) is 0 Å². The van der Waals surface area contributed by atoms with Crippen molar-refractivity contribution in [3.8, 4) is 0 Å². The molecule has 0 aromatic heterocycles. The lowest BCUT2D eigenvalue weighted by molar-refractivity contribution is -0.154. The third kappa shape index (κ3) is 4.34. The standard InChI is InChI=1S/C17H25NO2/c1-13(2)20-17(19)16-5-4-10-18(12-16)11-15-8-6-14(3)7-9-15/h6-9,13,16H,4-5,10-12H2,1-3H3. The van der Waals surface area contributed by atoms with Crippen molar-refractivity contribution in [3.63, 3.8) is 0 Å². The molecule has 1 heterocycles. The van der Waals surface area contributed by atoms with Crippen LogP contribution in [0.5, 0.6) is 0 Å². The van der Waals surface area contributed by atoms with Gasteiger partial charge in [-0.1, -0.05) is 29.8 Å². The fraction of sp³-hybridized carbons (Fsp3) is 0.588. The number of rotatable bonds is 4. The van der Waals surface area contributed by atoms with Gasteiger partial charge < -0.3 is 4.74 Å². The molecule has 1 unspecified atom stereocenters. The minimum Gasteiger partial charge on any atom is -0.463 e. The van der Waals surface area contributed by atoms with E-state index in [4.69, 9.17) is 4.74 Å². The molecule has 1 aliphatic heterocycles. The second kappa shape index (κ2) is 6.89. The van der Waals surface area contributed by atoms with E-state index in [0.717, 1.165) is 32.5 Å². The summed E-state index contributed by atoms with van der Waals surface area (Å²) in [5, 5.41) is 0. The smallest absolute Gasteiger partial charge is 0.310 e. The van der Waals surface area contributed by atoms with E-state index in [1.807, 2.05) is 13.8 Å². The van der Waals surface area contributed by atoms with Crippen LogP contribution in [0.3, 0.4) is 0 Å². The summed E-state index contributed by atoms with van der Waals surface area (Å²) in [6.07, 6.45) is 2.01. The molecule has 0 N–H and O–H groups in total. The molecule has 0 saturated carbocycles. The van der Waals surface area contributed by atoms with Crippen molar-refractivity contribution in [2.75, 3.05) is 13.1 Å². The Kier molecular flexibility index (Phi) is 5.18. The van der Waals surface area contributed by atoms with Crippen LogP contribution in [0, 0.1) is 12.8 Å². The maximum absolute atomic E-state index is 12.0. The number of aryl methyl sites for hydroxylation is 1. The molecule has 0 aliphatic carbocycles. The van der Waals surface area contributed by atoms with E-state index in [1.165, 1.54) is 11.1 Å². The van der Waals surface area contributed by atoms with Crippen molar-refractivity contribution in [2.24, 2.45) is 5.92 Å². The van der Waals surface area contributed by atoms with E-state index in [0.29, 0.717) is 0 Å². The predicted octanol–water partition coefficient (Wildman–Crippen LogP) is 3.16. The Hall–Kier alpha value is -1.35. The van der Waals surface area contributed by atoms with Gasteiger partial charge in [0.05, 0.1) is 12.0 Å². The fourth-order valence-electron chi connectivity index (χ4n) is 2.67. The second-order valence-corrected chi connectivity index (χ2v) is 6.05. The van der Waals surface area contributed by atoms with Crippen LogP contribution < -0.4 is 0 Å². The monoisotopic (exact) mass is 275 g/mol. The molecule has 0 amide bonds. The van der Waals surface area contributed by atoms with Gasteiger partial charge in [-0.25, -0.2) is 0 Å². The van der Waals surface area contributed by atoms with Crippen LogP contribution in [0.25, 0.3) is 0 Å². The number of nitrogens with zero attached hydrogens (tertiary/aromatic N) is 1. The molecule has 1 aliphatic rings. The SMILES string of the molecule is Cc1ccc(CN2CCCC(C(=O)OC(C)C)C2)cc1. The topological polar surface area (TPSA) is 29.5 Å². The summed E-state index contributed by atoms with van der Waals surface area (Å²) in [5.74, 6) is 0.00482. The molecule has 1 atom stereocenters. The average Bonchev–Trinajstić information content (AvgIpc) is 2.41. The highest BCUT2D eigenvalue weighted by atomic mass is 16.5. The van der Waals surface area contributed by atoms with Crippen molar-refractivity contribution >= 4 is 5.97 Å². The van der Waals surface area contributed by atoms with Crippen LogP contribution in [0.15, 0.2) is 24.3 Å². The summed E-state index contributed by atoms with van der Waals surface area (Å²) in [7, 11) is 0. The molecule has 1 aromatic rings. The molecule has 1 saturated heterocycles. The average molecular weight is 275 g/mol. The van der Waals surface area contributed by atoms with Gasteiger partial charge >= 0.3 is 5.97 Å². The number of hydrogen-bond acceptors (Lipinski definition) is 3. The van der Waals surface area contributed by atoms with Crippen LogP contribution in [-0.2, 0) is 16.1 Å². The zero-order valence-corrected chi connectivity index (χ0v) is 12.8. The Morgan fingerprint density at radius 1 is 1.35 bits per heavy atom. The van der Waals surface area contributed by atoms with E-state index >= 15 is 0 Å². The van der Waals surface area contributed by atoms with E-state index in [1.54, 1.807) is 0 Å². The van der Waals surface area contributed by atoms with E-state index < -0.39 is 0 Å². The van der Waals surface area contributed by atoms with Crippen LogP contribution in [-0.4, -0.2) is 30.1 Å². The largest absolute Gasteiger partial charge is 0.463 e. The maximum atomic E-state index is 12.0. The molecule has 3 nitrogen and oxygen atoms in total. The summed E-state index contributed by atoms with van der Waals surface area (Å²) in [4.78, 5) is 14.4. The molecule has 20 heavy (non-hydrogen) atoms. The first kappa shape index (κ1) is 15.0. The fourth-order valence-corrected chi connectivity index (χ4v) is 2.67. The summed E-state index contributed by atoms with van der Waals surface area (Å²) < 4.78 is 5.34. The second-order valence-electron chi connectivity index (χ2n) is 6.05. The zero-order chi connectivity index (χ0) is 14.5. The van der Waals surface area contributed by atoms with Crippen molar-refractivity contribution in [3.05, 3.63) is 35.4 Å². The van der Waals surface area contributed by atoms with Crippen molar-refractivity contribution in [2.45, 2.75) is 46.3 Å². The van der Waals surface area contributed by atoms with Gasteiger partial charge in [0, 0.05) is 13.1 Å². The van der Waals surface area contributed by atoms with E-state index in [2.05, 4.69) is 36.1 Å². The lowest BCUT2D eigenvalue weighted by Gasteiger charge is -2.31. The molecular weight excluding hydrogens is 250 g/mol. The van der Waals surface area contributed by atoms with Crippen LogP contribution in [0.2, 0.25) is 0 Å². The van der Waals surface area contributed by atoms with Gasteiger partial charge in [-0.05, 0) is 45.7 Å². The molecular formula is C17H25NO2. The Morgan fingerprint density at radius 3 is 2.70 bits per heavy atom. The molecule has 3 heteroatoms. The predicted molar refractivity (Wildman–Crippen MR) is 80.4 cm³/mol. The number of carbonyl (C=O) groups excluding carboxylic acids is 1. The van der Waals surface area contributed by atoms with Gasteiger partial charge in [0.2, 0.25) is 0 Å². The van der Waals surface area contributed by atoms with Gasteiger partial charge in [-0.2, -0.15) is 0 Å². The maximum Gasteiger partial charge on any atom is 0.310 e. The number of hydrogen-bond donors (Lipinski definition) is 0. The quantitative estimate of drug-likeness (QED) is 0.791. The van der Waals surface area contributed by atoms with Crippen LogP contribution in [0.4, 0.5) is 0 Å². The summed E-state index contributed by atoms with van der Waals surface area (Å²) >= 11 is 0. The number of piperidine rings is 1. The number of esters is 1. The highest BCUT2D eigenvalue weighted by molar-refractivity contribution is 5.73. The van der Waals surface area contributed by atoms with Crippen molar-refractivity contribution < 1.29 is 9.53 Å². The lowest BCUT2D eigenvalue weighted by Crippen LogP contribution is -2.39. The van der Waals surface area contributed by atoms with Gasteiger partial charge in [-0.3, -0.25) is 9.69 Å². The molecule has 2 rings (SSSR count). The summed E-state index contributed by atoms with van der Waals surface area (Å²) in [6.45, 7) is 8.72. The van der Waals surface area contributed by atoms with Crippen molar-refractivity contribution in [1.29, 1.82) is 0 Å². The van der Waals surface area contributed by atoms with Crippen molar-refractivity contribution in [1.82, 2.24) is 4.90 Å². The third-order valence-corrected chi connectivity index (χ3v) is 3.72. The number of benzene rings is 1. The van der Waals surface area contributed by atoms with Gasteiger partial charge in [0.25, 0.3) is 0 Å². The third-order valence-electron chi connectivity index (χ3n) is 3.72. The minimum atomic E-state index is -0.0337. The Morgan fingerprint density at radius 2 is 2.05 bits per heavy atom. The highest BCUT2D eigenvalue weighted by Crippen LogP contribution is 2.20. The number of carbonyl (C=O) groups is 1. The Balaban J connectivity index is 1.90. The summed E-state index contributed by atoms with van der Waals surface area (Å²) in [5.41, 5.74) is 2.60. The number of likely N-dealkylation sites (tertiary alicyclic amines) is 1. The molecule has 1 fully saturated rings. The van der Waals surface area contributed by atoms with E-state index in [9.17, 15) is 4.79 Å². The van der Waals surface area contributed by atoms with Gasteiger partial charge in [0.1, 0.15) is 0 Å². The zero-order valence-electron chi connectivity index (χ0n) is 12.8. The number of ether oxygens (including phenoxy) is 1. The Labute approximate surface area is 121 Å². The van der Waals surface area contributed by atoms with Gasteiger partial charge in [0.15, 0.2) is 0 Å². The van der Waals surface area contributed by atoms with Crippen LogP contribution >= 0.6 is 0 Å². The minimum absolute atomic E-state index is 0.0185. The Bertz CT molecular complexity index is 439. The highest BCUT2D eigenvalue weighted by Gasteiger charge is 2.27. The lowest BCUT2D eigenvalue weighted by atomic mass is 9.97. The molecule has 0 spiro atoms.